The van der Waals surface area contributed by atoms with Crippen LogP contribution in [0.15, 0.2) is 66.9 Å². The van der Waals surface area contributed by atoms with Crippen molar-refractivity contribution in [1.29, 1.82) is 0 Å². The van der Waals surface area contributed by atoms with Crippen molar-refractivity contribution in [2.75, 3.05) is 16.0 Å². The van der Waals surface area contributed by atoms with Crippen molar-refractivity contribution in [3.05, 3.63) is 78.1 Å². The molecule has 0 aliphatic rings. The number of anilines is 4. The maximum Gasteiger partial charge on any atom is 0.274 e. The second-order valence-electron chi connectivity index (χ2n) is 6.13. The summed E-state index contributed by atoms with van der Waals surface area (Å²) in [4.78, 5) is 27.6. The summed E-state index contributed by atoms with van der Waals surface area (Å²) in [7, 11) is 0. The van der Waals surface area contributed by atoms with Crippen LogP contribution in [0.4, 0.5) is 22.7 Å². The largest absolute Gasteiger partial charge is 0.355 e. The predicted octanol–water partition coefficient (Wildman–Crippen LogP) is 4.34. The van der Waals surface area contributed by atoms with Crippen LogP contribution in [0.25, 0.3) is 0 Å². The summed E-state index contributed by atoms with van der Waals surface area (Å²) in [6.07, 6.45) is 1.59. The summed E-state index contributed by atoms with van der Waals surface area (Å²) >= 11 is 0. The van der Waals surface area contributed by atoms with Crippen LogP contribution < -0.4 is 16.0 Å². The number of nitrogens with zero attached hydrogens (tertiary/aromatic N) is 1. The Labute approximate surface area is 157 Å². The van der Waals surface area contributed by atoms with Gasteiger partial charge in [0.2, 0.25) is 5.91 Å². The summed E-state index contributed by atoms with van der Waals surface area (Å²) in [6.45, 7) is 3.47. The monoisotopic (exact) mass is 360 g/mol. The molecular weight excluding hydrogens is 340 g/mol. The third-order valence-electron chi connectivity index (χ3n) is 3.80. The number of benzene rings is 2. The fraction of sp³-hybridized carbons (Fsp3) is 0.0952. The third kappa shape index (κ3) is 5.15. The first-order valence-electron chi connectivity index (χ1n) is 8.48. The topological polar surface area (TPSA) is 83.1 Å². The normalized spacial score (nSPS) is 10.1. The van der Waals surface area contributed by atoms with Crippen LogP contribution in [0.2, 0.25) is 0 Å². The molecule has 0 spiro atoms. The second-order valence-corrected chi connectivity index (χ2v) is 6.13. The summed E-state index contributed by atoms with van der Waals surface area (Å²) in [5, 5.41) is 8.73. The molecular formula is C21H20N4O2. The molecule has 0 fully saturated rings. The maximum atomic E-state index is 12.5. The first-order chi connectivity index (χ1) is 13.0. The van der Waals surface area contributed by atoms with Gasteiger partial charge in [-0.05, 0) is 55.5 Å². The van der Waals surface area contributed by atoms with Crippen LogP contribution in [0.1, 0.15) is 23.0 Å². The zero-order valence-corrected chi connectivity index (χ0v) is 15.1. The van der Waals surface area contributed by atoms with Gasteiger partial charge in [-0.1, -0.05) is 17.7 Å². The fourth-order valence-corrected chi connectivity index (χ4v) is 2.47. The van der Waals surface area contributed by atoms with E-state index in [1.165, 1.54) is 12.5 Å². The van der Waals surface area contributed by atoms with E-state index in [4.69, 9.17) is 0 Å². The highest BCUT2D eigenvalue weighted by atomic mass is 16.2. The Hall–Kier alpha value is -3.67. The Morgan fingerprint density at radius 2 is 1.37 bits per heavy atom. The van der Waals surface area contributed by atoms with E-state index in [0.717, 1.165) is 11.4 Å². The minimum atomic E-state index is -0.310. The van der Waals surface area contributed by atoms with E-state index in [1.807, 2.05) is 31.2 Å². The molecule has 6 heteroatoms. The highest BCUT2D eigenvalue weighted by Gasteiger charge is 2.09. The number of aromatic nitrogens is 1. The van der Waals surface area contributed by atoms with Crippen LogP contribution in [-0.4, -0.2) is 16.8 Å². The molecule has 0 radical (unpaired) electrons. The molecule has 0 unspecified atom stereocenters. The van der Waals surface area contributed by atoms with Crippen LogP contribution in [0, 0.1) is 6.92 Å². The minimum Gasteiger partial charge on any atom is -0.355 e. The number of carbonyl (C=O) groups excluding carboxylic acids is 2. The molecule has 3 rings (SSSR count). The number of carbonyl (C=O) groups is 2. The van der Waals surface area contributed by atoms with Gasteiger partial charge >= 0.3 is 0 Å². The van der Waals surface area contributed by atoms with E-state index in [1.54, 1.807) is 42.6 Å². The Kier molecular flexibility index (Phi) is 5.47. The van der Waals surface area contributed by atoms with Gasteiger partial charge in [-0.15, -0.1) is 0 Å². The van der Waals surface area contributed by atoms with Gasteiger partial charge in [0, 0.05) is 35.9 Å². The zero-order valence-electron chi connectivity index (χ0n) is 15.1. The summed E-state index contributed by atoms with van der Waals surface area (Å²) in [5.41, 5.74) is 4.49. The molecule has 3 aromatic rings. The Morgan fingerprint density at radius 1 is 0.778 bits per heavy atom. The van der Waals surface area contributed by atoms with Gasteiger partial charge in [0.1, 0.15) is 5.69 Å². The standard InChI is InChI=1S/C21H20N4O2/c1-14-3-5-17(6-4-14)24-19-11-12-22-20(13-19)21(27)25-18-9-7-16(8-10-18)23-15(2)26/h3-13H,1-2H3,(H,22,24)(H,23,26)(H,25,27). The van der Waals surface area contributed by atoms with E-state index in [0.29, 0.717) is 17.1 Å². The Bertz CT molecular complexity index is 951. The second kappa shape index (κ2) is 8.14. The van der Waals surface area contributed by atoms with Gasteiger partial charge in [-0.25, -0.2) is 0 Å². The minimum absolute atomic E-state index is 0.145. The maximum absolute atomic E-state index is 12.5. The molecule has 0 aliphatic heterocycles. The number of hydrogen-bond acceptors (Lipinski definition) is 4. The summed E-state index contributed by atoms with van der Waals surface area (Å²) in [5.74, 6) is -0.455. The van der Waals surface area contributed by atoms with Crippen LogP contribution in [0.5, 0.6) is 0 Å². The average Bonchev–Trinajstić information content (AvgIpc) is 2.65. The summed E-state index contributed by atoms with van der Waals surface area (Å²) < 4.78 is 0. The molecule has 0 saturated carbocycles. The van der Waals surface area contributed by atoms with E-state index in [2.05, 4.69) is 20.9 Å². The molecule has 2 amide bonds. The molecule has 0 atom stereocenters. The molecule has 0 saturated heterocycles. The lowest BCUT2D eigenvalue weighted by molar-refractivity contribution is -0.114. The zero-order chi connectivity index (χ0) is 19.2. The number of hydrogen-bond donors (Lipinski definition) is 3. The SMILES string of the molecule is CC(=O)Nc1ccc(NC(=O)c2cc(Nc3ccc(C)cc3)ccn2)cc1. The van der Waals surface area contributed by atoms with Crippen LogP contribution in [0.3, 0.4) is 0 Å². The predicted molar refractivity (Wildman–Crippen MR) is 107 cm³/mol. The molecule has 6 nitrogen and oxygen atoms in total. The van der Waals surface area contributed by atoms with Crippen molar-refractivity contribution < 1.29 is 9.59 Å². The van der Waals surface area contributed by atoms with Crippen molar-refractivity contribution in [1.82, 2.24) is 4.98 Å². The number of nitrogens with one attached hydrogen (secondary N) is 3. The van der Waals surface area contributed by atoms with Crippen LogP contribution >= 0.6 is 0 Å². The van der Waals surface area contributed by atoms with Crippen molar-refractivity contribution in [3.8, 4) is 0 Å². The van der Waals surface area contributed by atoms with Gasteiger partial charge in [-0.2, -0.15) is 0 Å². The number of aryl methyl sites for hydroxylation is 1. The van der Waals surface area contributed by atoms with Gasteiger partial charge in [0.25, 0.3) is 5.91 Å². The molecule has 0 aliphatic carbocycles. The molecule has 0 bridgehead atoms. The van der Waals surface area contributed by atoms with E-state index >= 15 is 0 Å². The van der Waals surface area contributed by atoms with Crippen LogP contribution in [-0.2, 0) is 4.79 Å². The van der Waals surface area contributed by atoms with Crippen molar-refractivity contribution >= 4 is 34.6 Å². The van der Waals surface area contributed by atoms with Crippen molar-refractivity contribution in [3.63, 3.8) is 0 Å². The smallest absolute Gasteiger partial charge is 0.274 e. The summed E-state index contributed by atoms with van der Waals surface area (Å²) in [6, 6.07) is 18.4. The van der Waals surface area contributed by atoms with E-state index in [-0.39, 0.29) is 11.8 Å². The van der Waals surface area contributed by atoms with Gasteiger partial charge < -0.3 is 16.0 Å². The van der Waals surface area contributed by atoms with E-state index < -0.39 is 0 Å². The van der Waals surface area contributed by atoms with Gasteiger partial charge in [0.05, 0.1) is 0 Å². The molecule has 27 heavy (non-hydrogen) atoms. The van der Waals surface area contributed by atoms with E-state index in [9.17, 15) is 9.59 Å². The molecule has 1 heterocycles. The average molecular weight is 360 g/mol. The molecule has 3 N–H and O–H groups in total. The number of rotatable bonds is 5. The number of pyridine rings is 1. The quantitative estimate of drug-likeness (QED) is 0.632. The molecule has 2 aromatic carbocycles. The van der Waals surface area contributed by atoms with Gasteiger partial charge in [0.15, 0.2) is 0 Å². The highest BCUT2D eigenvalue weighted by molar-refractivity contribution is 6.03. The lowest BCUT2D eigenvalue weighted by atomic mass is 10.2. The highest BCUT2D eigenvalue weighted by Crippen LogP contribution is 2.18. The van der Waals surface area contributed by atoms with Crippen molar-refractivity contribution in [2.24, 2.45) is 0 Å². The first kappa shape index (κ1) is 18.1. The Morgan fingerprint density at radius 3 is 2.00 bits per heavy atom. The first-order valence-corrected chi connectivity index (χ1v) is 8.48. The van der Waals surface area contributed by atoms with Crippen molar-refractivity contribution in [2.45, 2.75) is 13.8 Å². The fourth-order valence-electron chi connectivity index (χ4n) is 2.47. The molecule has 136 valence electrons. The lowest BCUT2D eigenvalue weighted by Gasteiger charge is -2.09. The Balaban J connectivity index is 1.67. The molecule has 1 aromatic heterocycles. The van der Waals surface area contributed by atoms with Gasteiger partial charge in [-0.3, -0.25) is 14.6 Å². The lowest BCUT2D eigenvalue weighted by Crippen LogP contribution is -2.14. The third-order valence-corrected chi connectivity index (χ3v) is 3.80. The number of amides is 2.